The number of carbonyl (C=O) groups is 1. The SMILES string of the molecule is CCOCn1cc(NC(=O)c2ccn(COc3ccc(F)c(Cl)c3)n2)cn1. The molecule has 0 atom stereocenters. The van der Waals surface area contributed by atoms with E-state index in [1.807, 2.05) is 6.92 Å². The van der Waals surface area contributed by atoms with Gasteiger partial charge in [-0.2, -0.15) is 10.2 Å². The Balaban J connectivity index is 1.55. The van der Waals surface area contributed by atoms with E-state index < -0.39 is 5.82 Å². The van der Waals surface area contributed by atoms with Gasteiger partial charge in [0.05, 0.1) is 23.1 Å². The molecule has 1 amide bonds. The number of anilines is 1. The zero-order valence-corrected chi connectivity index (χ0v) is 15.2. The summed E-state index contributed by atoms with van der Waals surface area (Å²) in [6.07, 6.45) is 4.78. The lowest BCUT2D eigenvalue weighted by molar-refractivity contribution is 0.0792. The van der Waals surface area contributed by atoms with Crippen LogP contribution in [0, 0.1) is 5.82 Å². The number of aromatic nitrogens is 4. The molecule has 0 aliphatic carbocycles. The number of nitrogens with one attached hydrogen (secondary N) is 1. The van der Waals surface area contributed by atoms with Crippen LogP contribution in [0.4, 0.5) is 10.1 Å². The third kappa shape index (κ3) is 5.05. The first kappa shape index (κ1) is 18.9. The smallest absolute Gasteiger partial charge is 0.276 e. The summed E-state index contributed by atoms with van der Waals surface area (Å²) in [6.45, 7) is 2.81. The fraction of sp³-hybridized carbons (Fsp3) is 0.235. The first-order chi connectivity index (χ1) is 13.0. The van der Waals surface area contributed by atoms with Crippen LogP contribution in [0.1, 0.15) is 17.4 Å². The van der Waals surface area contributed by atoms with Crippen molar-refractivity contribution in [2.24, 2.45) is 0 Å². The molecule has 0 aliphatic rings. The molecule has 1 aromatic carbocycles. The lowest BCUT2D eigenvalue weighted by Crippen LogP contribution is -2.14. The second-order valence-electron chi connectivity index (χ2n) is 5.43. The molecule has 0 spiro atoms. The van der Waals surface area contributed by atoms with E-state index in [1.165, 1.54) is 29.1 Å². The molecule has 0 saturated heterocycles. The number of hydrogen-bond acceptors (Lipinski definition) is 5. The number of halogens is 2. The topological polar surface area (TPSA) is 83.2 Å². The Morgan fingerprint density at radius 2 is 2.15 bits per heavy atom. The number of ether oxygens (including phenoxy) is 2. The normalized spacial score (nSPS) is 10.8. The van der Waals surface area contributed by atoms with Crippen molar-refractivity contribution in [2.75, 3.05) is 11.9 Å². The van der Waals surface area contributed by atoms with E-state index in [9.17, 15) is 9.18 Å². The summed E-state index contributed by atoms with van der Waals surface area (Å²) in [5, 5.41) is 10.9. The van der Waals surface area contributed by atoms with Gasteiger partial charge in [0.15, 0.2) is 12.4 Å². The lowest BCUT2D eigenvalue weighted by atomic mass is 10.3. The summed E-state index contributed by atoms with van der Waals surface area (Å²) in [5.74, 6) is -0.509. The molecule has 0 unspecified atom stereocenters. The van der Waals surface area contributed by atoms with Gasteiger partial charge in [-0.3, -0.25) is 4.79 Å². The molecule has 0 saturated carbocycles. The Kier molecular flexibility index (Phi) is 6.05. The molecule has 2 heterocycles. The van der Waals surface area contributed by atoms with Crippen molar-refractivity contribution in [3.8, 4) is 5.75 Å². The number of carbonyl (C=O) groups excluding carboxylic acids is 1. The summed E-state index contributed by atoms with van der Waals surface area (Å²) in [6, 6.07) is 5.60. The zero-order chi connectivity index (χ0) is 19.2. The van der Waals surface area contributed by atoms with Crippen LogP contribution in [0.25, 0.3) is 0 Å². The van der Waals surface area contributed by atoms with E-state index in [4.69, 9.17) is 21.1 Å². The van der Waals surface area contributed by atoms with E-state index in [0.29, 0.717) is 24.8 Å². The van der Waals surface area contributed by atoms with Gasteiger partial charge in [0.2, 0.25) is 0 Å². The van der Waals surface area contributed by atoms with E-state index in [1.54, 1.807) is 23.1 Å². The highest BCUT2D eigenvalue weighted by molar-refractivity contribution is 6.30. The van der Waals surface area contributed by atoms with Crippen LogP contribution in [0.2, 0.25) is 5.02 Å². The van der Waals surface area contributed by atoms with E-state index >= 15 is 0 Å². The maximum Gasteiger partial charge on any atom is 0.276 e. The Morgan fingerprint density at radius 3 is 2.93 bits per heavy atom. The molecule has 3 aromatic rings. The second-order valence-corrected chi connectivity index (χ2v) is 5.84. The number of nitrogens with zero attached hydrogens (tertiary/aromatic N) is 4. The molecule has 0 aliphatic heterocycles. The van der Waals surface area contributed by atoms with Crippen LogP contribution in [0.3, 0.4) is 0 Å². The molecule has 0 bridgehead atoms. The fourth-order valence-electron chi connectivity index (χ4n) is 2.14. The van der Waals surface area contributed by atoms with Crippen LogP contribution >= 0.6 is 11.6 Å². The molecule has 3 rings (SSSR count). The predicted molar refractivity (Wildman–Crippen MR) is 96.1 cm³/mol. The highest BCUT2D eigenvalue weighted by Gasteiger charge is 2.11. The number of benzene rings is 1. The number of hydrogen-bond donors (Lipinski definition) is 1. The Bertz CT molecular complexity index is 927. The summed E-state index contributed by atoms with van der Waals surface area (Å²) in [5.41, 5.74) is 0.750. The molecule has 2 aromatic heterocycles. The Labute approximate surface area is 159 Å². The maximum atomic E-state index is 13.1. The first-order valence-corrected chi connectivity index (χ1v) is 8.46. The monoisotopic (exact) mass is 393 g/mol. The largest absolute Gasteiger partial charge is 0.471 e. The average molecular weight is 394 g/mol. The van der Waals surface area contributed by atoms with Crippen molar-refractivity contribution in [3.63, 3.8) is 0 Å². The minimum absolute atomic E-state index is 0.0297. The van der Waals surface area contributed by atoms with E-state index in [0.717, 1.165) is 0 Å². The molecule has 142 valence electrons. The van der Waals surface area contributed by atoms with Crippen molar-refractivity contribution < 1.29 is 18.7 Å². The van der Waals surface area contributed by atoms with Crippen molar-refractivity contribution >= 4 is 23.2 Å². The third-order valence-corrected chi connectivity index (χ3v) is 3.74. The van der Waals surface area contributed by atoms with Crippen molar-refractivity contribution in [1.82, 2.24) is 19.6 Å². The lowest BCUT2D eigenvalue weighted by Gasteiger charge is -2.06. The third-order valence-electron chi connectivity index (χ3n) is 3.45. The fourth-order valence-corrected chi connectivity index (χ4v) is 2.31. The highest BCUT2D eigenvalue weighted by Crippen LogP contribution is 2.21. The minimum Gasteiger partial charge on any atom is -0.471 e. The van der Waals surface area contributed by atoms with Crippen LogP contribution in [-0.2, 0) is 18.2 Å². The number of amides is 1. The molecule has 0 fully saturated rings. The average Bonchev–Trinajstić information content (AvgIpc) is 3.30. The quantitative estimate of drug-likeness (QED) is 0.635. The number of rotatable bonds is 8. The molecule has 10 heteroatoms. The predicted octanol–water partition coefficient (Wildman–Crippen LogP) is 3.15. The van der Waals surface area contributed by atoms with Crippen LogP contribution in [0.15, 0.2) is 42.9 Å². The van der Waals surface area contributed by atoms with Gasteiger partial charge in [-0.15, -0.1) is 0 Å². The van der Waals surface area contributed by atoms with Gasteiger partial charge < -0.3 is 14.8 Å². The molecular weight excluding hydrogens is 377 g/mol. The second kappa shape index (κ2) is 8.65. The van der Waals surface area contributed by atoms with Gasteiger partial charge in [-0.05, 0) is 25.1 Å². The molecular formula is C17H17ClFN5O3. The molecule has 0 radical (unpaired) electrons. The molecule has 8 nitrogen and oxygen atoms in total. The van der Waals surface area contributed by atoms with Crippen molar-refractivity contribution in [3.05, 3.63) is 59.4 Å². The molecule has 27 heavy (non-hydrogen) atoms. The van der Waals surface area contributed by atoms with Crippen molar-refractivity contribution in [2.45, 2.75) is 20.4 Å². The molecule has 1 N–H and O–H groups in total. The van der Waals surface area contributed by atoms with Crippen LogP contribution < -0.4 is 10.1 Å². The minimum atomic E-state index is -0.522. The summed E-state index contributed by atoms with van der Waals surface area (Å²) in [7, 11) is 0. The van der Waals surface area contributed by atoms with Crippen LogP contribution in [0.5, 0.6) is 5.75 Å². The summed E-state index contributed by atoms with van der Waals surface area (Å²) < 4.78 is 26.8. The summed E-state index contributed by atoms with van der Waals surface area (Å²) in [4.78, 5) is 12.3. The van der Waals surface area contributed by atoms with Crippen molar-refractivity contribution in [1.29, 1.82) is 0 Å². The Hall–Kier alpha value is -2.91. The summed E-state index contributed by atoms with van der Waals surface area (Å²) >= 11 is 5.70. The standard InChI is InChI=1S/C17H17ClFN5O3/c1-2-26-10-24-9-12(8-20-24)21-17(25)16-5-6-23(22-16)11-27-13-3-4-15(19)14(18)7-13/h3-9H,2,10-11H2,1H3,(H,21,25). The van der Waals surface area contributed by atoms with E-state index in [-0.39, 0.29) is 23.4 Å². The van der Waals surface area contributed by atoms with Gasteiger partial charge in [-0.1, -0.05) is 11.6 Å². The Morgan fingerprint density at radius 1 is 1.30 bits per heavy atom. The maximum absolute atomic E-state index is 13.1. The van der Waals surface area contributed by atoms with Crippen LogP contribution in [-0.4, -0.2) is 32.1 Å². The highest BCUT2D eigenvalue weighted by atomic mass is 35.5. The van der Waals surface area contributed by atoms with Gasteiger partial charge in [0.25, 0.3) is 5.91 Å². The van der Waals surface area contributed by atoms with Gasteiger partial charge in [0, 0.05) is 18.9 Å². The van der Waals surface area contributed by atoms with Gasteiger partial charge in [-0.25, -0.2) is 13.8 Å². The zero-order valence-electron chi connectivity index (χ0n) is 14.4. The first-order valence-electron chi connectivity index (χ1n) is 8.08. The van der Waals surface area contributed by atoms with Gasteiger partial charge >= 0.3 is 0 Å². The van der Waals surface area contributed by atoms with E-state index in [2.05, 4.69) is 15.5 Å². The van der Waals surface area contributed by atoms with Gasteiger partial charge in [0.1, 0.15) is 18.3 Å².